The lowest BCUT2D eigenvalue weighted by Gasteiger charge is -2.60. The van der Waals surface area contributed by atoms with Crippen molar-refractivity contribution in [2.75, 3.05) is 0 Å². The molecule has 4 fully saturated rings. The molecule has 26 heavy (non-hydrogen) atoms. The van der Waals surface area contributed by atoms with E-state index in [0.29, 0.717) is 29.0 Å². The predicted octanol–water partition coefficient (Wildman–Crippen LogP) is 6.90. The van der Waals surface area contributed by atoms with Gasteiger partial charge in [0.2, 0.25) is 0 Å². The standard InChI is InChI=1S/C25H42O/c1-6-7-17(3)20-10-11-21-19-9-8-18-14-16(2)12-13-24(18,4)22(19)15-23(26)25(20,21)5/h16-22H,6-15H2,1-5H3/t16-,17-,18-,19?,20?,21?,22?,24+,25-/m1/s1. The van der Waals surface area contributed by atoms with E-state index < -0.39 is 0 Å². The molecule has 0 radical (unpaired) electrons. The second-order valence-corrected chi connectivity index (χ2v) is 11.4. The average molecular weight is 359 g/mol. The highest BCUT2D eigenvalue weighted by Gasteiger charge is 2.63. The highest BCUT2D eigenvalue weighted by molar-refractivity contribution is 5.87. The topological polar surface area (TPSA) is 17.1 Å². The zero-order chi connectivity index (χ0) is 18.7. The molecule has 4 unspecified atom stereocenters. The van der Waals surface area contributed by atoms with Gasteiger partial charge < -0.3 is 0 Å². The number of carbonyl (C=O) groups is 1. The van der Waals surface area contributed by atoms with Crippen LogP contribution in [0.3, 0.4) is 0 Å². The second kappa shape index (κ2) is 6.63. The summed E-state index contributed by atoms with van der Waals surface area (Å²) >= 11 is 0. The van der Waals surface area contributed by atoms with Gasteiger partial charge in [0, 0.05) is 11.8 Å². The third kappa shape index (κ3) is 2.58. The molecule has 148 valence electrons. The van der Waals surface area contributed by atoms with Crippen LogP contribution in [0, 0.1) is 52.3 Å². The van der Waals surface area contributed by atoms with E-state index in [1.54, 1.807) is 0 Å². The van der Waals surface area contributed by atoms with E-state index in [1.807, 2.05) is 0 Å². The minimum atomic E-state index is 0.000901. The number of hydrogen-bond donors (Lipinski definition) is 0. The largest absolute Gasteiger partial charge is 0.299 e. The maximum atomic E-state index is 13.7. The third-order valence-corrected chi connectivity index (χ3v) is 10.3. The summed E-state index contributed by atoms with van der Waals surface area (Å²) < 4.78 is 0. The molecule has 4 aliphatic carbocycles. The molecule has 1 nitrogen and oxygen atoms in total. The lowest BCUT2D eigenvalue weighted by atomic mass is 9.43. The molecule has 0 heterocycles. The van der Waals surface area contributed by atoms with Gasteiger partial charge in [0.1, 0.15) is 5.78 Å². The lowest BCUT2D eigenvalue weighted by molar-refractivity contribution is -0.158. The van der Waals surface area contributed by atoms with E-state index in [0.717, 1.165) is 30.1 Å². The van der Waals surface area contributed by atoms with Crippen molar-refractivity contribution in [3.8, 4) is 0 Å². The first-order valence-electron chi connectivity index (χ1n) is 11.9. The van der Waals surface area contributed by atoms with Crippen molar-refractivity contribution in [1.82, 2.24) is 0 Å². The van der Waals surface area contributed by atoms with Gasteiger partial charge in [-0.1, -0.05) is 53.9 Å². The maximum Gasteiger partial charge on any atom is 0.139 e. The molecule has 0 aliphatic heterocycles. The molecular weight excluding hydrogens is 316 g/mol. The third-order valence-electron chi connectivity index (χ3n) is 10.3. The summed E-state index contributed by atoms with van der Waals surface area (Å²) in [6.45, 7) is 12.2. The first-order chi connectivity index (χ1) is 12.3. The van der Waals surface area contributed by atoms with E-state index in [9.17, 15) is 4.79 Å². The number of Topliss-reactive ketones (excluding diaryl/α,β-unsaturated/α-hetero) is 1. The molecule has 0 aromatic carbocycles. The van der Waals surface area contributed by atoms with Gasteiger partial charge in [-0.25, -0.2) is 0 Å². The van der Waals surface area contributed by atoms with Crippen LogP contribution in [0.4, 0.5) is 0 Å². The Morgan fingerprint density at radius 3 is 2.58 bits per heavy atom. The first-order valence-corrected chi connectivity index (χ1v) is 11.9. The molecule has 0 N–H and O–H groups in total. The Morgan fingerprint density at radius 1 is 1.08 bits per heavy atom. The highest BCUT2D eigenvalue weighted by Crippen LogP contribution is 2.67. The Hall–Kier alpha value is -0.330. The minimum absolute atomic E-state index is 0.000901. The van der Waals surface area contributed by atoms with Gasteiger partial charge in [0.25, 0.3) is 0 Å². The summed E-state index contributed by atoms with van der Waals surface area (Å²) in [5.74, 6) is 6.05. The molecule has 0 bridgehead atoms. The van der Waals surface area contributed by atoms with E-state index in [2.05, 4.69) is 34.6 Å². The van der Waals surface area contributed by atoms with Crippen LogP contribution in [0.5, 0.6) is 0 Å². The number of carbonyl (C=O) groups excluding carboxylic acids is 1. The Morgan fingerprint density at radius 2 is 1.85 bits per heavy atom. The van der Waals surface area contributed by atoms with Crippen molar-refractivity contribution in [2.24, 2.45) is 52.3 Å². The van der Waals surface area contributed by atoms with Crippen LogP contribution < -0.4 is 0 Å². The van der Waals surface area contributed by atoms with Gasteiger partial charge >= 0.3 is 0 Å². The molecule has 9 atom stereocenters. The van der Waals surface area contributed by atoms with Crippen LogP contribution in [-0.4, -0.2) is 5.78 Å². The fraction of sp³-hybridized carbons (Fsp3) is 0.960. The summed E-state index contributed by atoms with van der Waals surface area (Å²) in [5.41, 5.74) is 0.459. The Bertz CT molecular complexity index is 552. The van der Waals surface area contributed by atoms with Gasteiger partial charge in [-0.2, -0.15) is 0 Å². The van der Waals surface area contributed by atoms with Crippen LogP contribution in [-0.2, 0) is 4.79 Å². The Balaban J connectivity index is 1.62. The predicted molar refractivity (Wildman–Crippen MR) is 109 cm³/mol. The maximum absolute atomic E-state index is 13.7. The number of fused-ring (bicyclic) bond motifs is 5. The van der Waals surface area contributed by atoms with Crippen LogP contribution in [0.2, 0.25) is 0 Å². The summed E-state index contributed by atoms with van der Waals surface area (Å²) in [5, 5.41) is 0. The van der Waals surface area contributed by atoms with Crippen molar-refractivity contribution in [3.63, 3.8) is 0 Å². The van der Waals surface area contributed by atoms with Gasteiger partial charge in [-0.15, -0.1) is 0 Å². The lowest BCUT2D eigenvalue weighted by Crippen LogP contribution is -2.57. The molecule has 4 saturated carbocycles. The molecule has 4 aliphatic rings. The minimum Gasteiger partial charge on any atom is -0.299 e. The van der Waals surface area contributed by atoms with E-state index in [4.69, 9.17) is 0 Å². The Kier molecular flexibility index (Phi) is 4.84. The van der Waals surface area contributed by atoms with E-state index in [1.165, 1.54) is 57.8 Å². The van der Waals surface area contributed by atoms with E-state index >= 15 is 0 Å². The smallest absolute Gasteiger partial charge is 0.139 e. The van der Waals surface area contributed by atoms with Crippen LogP contribution in [0.1, 0.15) is 98.8 Å². The molecule has 0 aromatic heterocycles. The monoisotopic (exact) mass is 358 g/mol. The number of rotatable bonds is 3. The van der Waals surface area contributed by atoms with Gasteiger partial charge in [-0.05, 0) is 85.4 Å². The van der Waals surface area contributed by atoms with Crippen molar-refractivity contribution in [1.29, 1.82) is 0 Å². The van der Waals surface area contributed by atoms with Gasteiger partial charge in [0.05, 0.1) is 0 Å². The summed E-state index contributed by atoms with van der Waals surface area (Å²) in [4.78, 5) is 13.7. The van der Waals surface area contributed by atoms with Crippen LogP contribution >= 0.6 is 0 Å². The van der Waals surface area contributed by atoms with Crippen molar-refractivity contribution < 1.29 is 4.79 Å². The zero-order valence-corrected chi connectivity index (χ0v) is 18.0. The molecule has 0 saturated heterocycles. The SMILES string of the molecule is CCC[C@@H](C)C1CCC2C3CC[C@@H]4C[C@H](C)CC[C@]4(C)C3CC(=O)[C@@]21C. The number of hydrogen-bond acceptors (Lipinski definition) is 1. The van der Waals surface area contributed by atoms with Crippen molar-refractivity contribution >= 4 is 5.78 Å². The van der Waals surface area contributed by atoms with Gasteiger partial charge in [0.15, 0.2) is 0 Å². The van der Waals surface area contributed by atoms with Crippen molar-refractivity contribution in [3.05, 3.63) is 0 Å². The zero-order valence-electron chi connectivity index (χ0n) is 18.0. The summed E-state index contributed by atoms with van der Waals surface area (Å²) in [6, 6.07) is 0. The summed E-state index contributed by atoms with van der Waals surface area (Å²) in [6.07, 6.45) is 13.2. The normalized spacial score (nSPS) is 52.1. The molecule has 4 rings (SSSR count). The summed E-state index contributed by atoms with van der Waals surface area (Å²) in [7, 11) is 0. The highest BCUT2D eigenvalue weighted by atomic mass is 16.1. The molecule has 0 aromatic rings. The van der Waals surface area contributed by atoms with Crippen molar-refractivity contribution in [2.45, 2.75) is 98.8 Å². The van der Waals surface area contributed by atoms with E-state index in [-0.39, 0.29) is 5.41 Å². The molecular formula is C25H42O. The fourth-order valence-electron chi connectivity index (χ4n) is 8.78. The average Bonchev–Trinajstić information content (AvgIpc) is 2.96. The van der Waals surface area contributed by atoms with Crippen LogP contribution in [0.25, 0.3) is 0 Å². The quantitative estimate of drug-likeness (QED) is 0.536. The number of ketones is 1. The van der Waals surface area contributed by atoms with Crippen LogP contribution in [0.15, 0.2) is 0 Å². The first kappa shape index (κ1) is 19.0. The molecule has 0 spiro atoms. The Labute approximate surface area is 162 Å². The molecule has 1 heteroatoms. The van der Waals surface area contributed by atoms with Gasteiger partial charge in [-0.3, -0.25) is 4.79 Å². The second-order valence-electron chi connectivity index (χ2n) is 11.4. The fourth-order valence-corrected chi connectivity index (χ4v) is 8.78. The molecule has 0 amide bonds.